The van der Waals surface area contributed by atoms with Gasteiger partial charge in [-0.1, -0.05) is 17.7 Å². The molecule has 0 unspecified atom stereocenters. The van der Waals surface area contributed by atoms with E-state index >= 15 is 0 Å². The number of carboxylic acid groups (broad SMARTS) is 1. The lowest BCUT2D eigenvalue weighted by Crippen LogP contribution is -2.38. The number of rotatable bonds is 9. The van der Waals surface area contributed by atoms with Crippen LogP contribution in [0, 0.1) is 6.92 Å². The zero-order valence-electron chi connectivity index (χ0n) is 17.5. The van der Waals surface area contributed by atoms with Crippen molar-refractivity contribution >= 4 is 23.1 Å². The van der Waals surface area contributed by atoms with Crippen LogP contribution in [0.2, 0.25) is 0 Å². The molecule has 0 radical (unpaired) electrons. The molecule has 0 saturated heterocycles. The van der Waals surface area contributed by atoms with Crippen molar-refractivity contribution in [3.8, 4) is 5.75 Å². The molecule has 3 N–H and O–H groups in total. The van der Waals surface area contributed by atoms with E-state index in [1.165, 1.54) is 23.2 Å². The van der Waals surface area contributed by atoms with E-state index < -0.39 is 23.3 Å². The molecule has 31 heavy (non-hydrogen) atoms. The molecule has 0 amide bonds. The maximum atomic E-state index is 12.8. The molecule has 0 aliphatic heterocycles. The number of aromatic nitrogens is 4. The van der Waals surface area contributed by atoms with Crippen LogP contribution in [0.4, 0.5) is 5.95 Å². The van der Waals surface area contributed by atoms with E-state index in [0.29, 0.717) is 5.75 Å². The third kappa shape index (κ3) is 4.77. The summed E-state index contributed by atoms with van der Waals surface area (Å²) in [5.74, 6) is -0.216. The molecule has 0 bridgehead atoms. The number of anilines is 1. The van der Waals surface area contributed by atoms with Crippen molar-refractivity contribution in [1.29, 1.82) is 0 Å². The van der Waals surface area contributed by atoms with E-state index in [4.69, 9.17) is 9.84 Å². The Balaban J connectivity index is 1.91. The molecule has 1 aromatic carbocycles. The molecule has 0 saturated carbocycles. The summed E-state index contributed by atoms with van der Waals surface area (Å²) in [7, 11) is 2.84. The van der Waals surface area contributed by atoms with Crippen molar-refractivity contribution in [3.63, 3.8) is 0 Å². The van der Waals surface area contributed by atoms with Gasteiger partial charge in [-0.2, -0.15) is 4.98 Å². The van der Waals surface area contributed by atoms with Crippen LogP contribution < -0.4 is 21.3 Å². The number of carboxylic acids is 1. The zero-order chi connectivity index (χ0) is 22.7. The third-order valence-electron chi connectivity index (χ3n) is 4.83. The second-order valence-corrected chi connectivity index (χ2v) is 7.27. The lowest BCUT2D eigenvalue weighted by atomic mass is 10.2. The first kappa shape index (κ1) is 22.1. The van der Waals surface area contributed by atoms with Crippen LogP contribution in [0.1, 0.15) is 12.0 Å². The summed E-state index contributed by atoms with van der Waals surface area (Å²) < 4.78 is 9.24. The van der Waals surface area contributed by atoms with E-state index in [2.05, 4.69) is 10.3 Å². The quantitative estimate of drug-likeness (QED) is 0.432. The lowest BCUT2D eigenvalue weighted by molar-refractivity contribution is -0.136. The second-order valence-electron chi connectivity index (χ2n) is 7.27. The standard InChI is InChI=1S/C20H25N5O6/c1-12-4-6-14(7-5-12)31-11-13(26)10-25-16-17(22-19(25)21-9-8-15(27)28)23(2)20(30)24(3)18(16)29/h4-7,13,26H,8-11H2,1-3H3,(H,21,22)(H,27,28)/t13-/m1/s1. The number of aryl methyl sites for hydroxylation is 2. The number of aliphatic hydroxyl groups excluding tert-OH is 1. The van der Waals surface area contributed by atoms with E-state index in [-0.39, 0.29) is 43.2 Å². The average Bonchev–Trinajstić information content (AvgIpc) is 3.08. The highest BCUT2D eigenvalue weighted by Gasteiger charge is 2.21. The van der Waals surface area contributed by atoms with Crippen molar-refractivity contribution in [3.05, 3.63) is 50.7 Å². The summed E-state index contributed by atoms with van der Waals surface area (Å²) in [5.41, 5.74) is 0.233. The first-order chi connectivity index (χ1) is 14.7. The molecule has 0 aliphatic rings. The lowest BCUT2D eigenvalue weighted by Gasteiger charge is -2.16. The topological polar surface area (TPSA) is 141 Å². The molecule has 0 fully saturated rings. The Labute approximate surface area is 177 Å². The number of aliphatic carboxylic acids is 1. The first-order valence-electron chi connectivity index (χ1n) is 9.68. The van der Waals surface area contributed by atoms with Crippen LogP contribution in [0.5, 0.6) is 5.75 Å². The predicted molar refractivity (Wildman–Crippen MR) is 114 cm³/mol. The second kappa shape index (κ2) is 9.04. The fourth-order valence-electron chi connectivity index (χ4n) is 3.13. The van der Waals surface area contributed by atoms with Crippen molar-refractivity contribution in [2.45, 2.75) is 26.0 Å². The Kier molecular flexibility index (Phi) is 6.44. The van der Waals surface area contributed by atoms with Crippen LogP contribution in [-0.2, 0) is 25.4 Å². The molecular weight excluding hydrogens is 406 g/mol. The minimum absolute atomic E-state index is 0.0383. The highest BCUT2D eigenvalue weighted by atomic mass is 16.5. The number of hydrogen-bond acceptors (Lipinski definition) is 7. The van der Waals surface area contributed by atoms with Crippen LogP contribution in [0.3, 0.4) is 0 Å². The van der Waals surface area contributed by atoms with Gasteiger partial charge in [0.05, 0.1) is 13.0 Å². The molecule has 0 spiro atoms. The van der Waals surface area contributed by atoms with Gasteiger partial charge in [-0.15, -0.1) is 0 Å². The van der Waals surface area contributed by atoms with Gasteiger partial charge in [0.25, 0.3) is 5.56 Å². The molecule has 11 nitrogen and oxygen atoms in total. The summed E-state index contributed by atoms with van der Waals surface area (Å²) in [5, 5.41) is 22.3. The van der Waals surface area contributed by atoms with Crippen LogP contribution >= 0.6 is 0 Å². The summed E-state index contributed by atoms with van der Waals surface area (Å²) in [6, 6.07) is 7.36. The summed E-state index contributed by atoms with van der Waals surface area (Å²) in [6.07, 6.45) is -1.17. The first-order valence-corrected chi connectivity index (χ1v) is 9.68. The van der Waals surface area contributed by atoms with Gasteiger partial charge in [0.2, 0.25) is 5.95 Å². The molecule has 1 atom stereocenters. The Morgan fingerprint density at radius 1 is 1.19 bits per heavy atom. The van der Waals surface area contributed by atoms with Gasteiger partial charge in [0, 0.05) is 20.6 Å². The normalized spacial score (nSPS) is 12.1. The molecule has 3 aromatic rings. The van der Waals surface area contributed by atoms with Crippen molar-refractivity contribution in [1.82, 2.24) is 18.7 Å². The van der Waals surface area contributed by atoms with Gasteiger partial charge in [0.15, 0.2) is 11.2 Å². The van der Waals surface area contributed by atoms with Crippen molar-refractivity contribution in [2.24, 2.45) is 14.1 Å². The van der Waals surface area contributed by atoms with Gasteiger partial charge in [-0.05, 0) is 19.1 Å². The number of fused-ring (bicyclic) bond motifs is 1. The predicted octanol–water partition coefficient (Wildman–Crippen LogP) is 0.0686. The molecule has 0 aliphatic carbocycles. The molecule has 2 heterocycles. The molecule has 3 rings (SSSR count). The molecule has 166 valence electrons. The molecular formula is C20H25N5O6. The SMILES string of the molecule is Cc1ccc(OC[C@H](O)Cn2c(NCCC(=O)O)nc3c2c(=O)n(C)c(=O)n3C)cc1. The van der Waals surface area contributed by atoms with Gasteiger partial charge >= 0.3 is 11.7 Å². The van der Waals surface area contributed by atoms with Crippen LogP contribution in [0.15, 0.2) is 33.9 Å². The number of benzene rings is 1. The van der Waals surface area contributed by atoms with Gasteiger partial charge in [-0.25, -0.2) is 4.79 Å². The van der Waals surface area contributed by atoms with E-state index in [9.17, 15) is 19.5 Å². The zero-order valence-corrected chi connectivity index (χ0v) is 17.5. The average molecular weight is 431 g/mol. The van der Waals surface area contributed by atoms with E-state index in [1.54, 1.807) is 12.1 Å². The van der Waals surface area contributed by atoms with Crippen LogP contribution in [0.25, 0.3) is 11.2 Å². The number of ether oxygens (including phenoxy) is 1. The molecule has 2 aromatic heterocycles. The molecule has 11 heteroatoms. The third-order valence-corrected chi connectivity index (χ3v) is 4.83. The fraction of sp³-hybridized carbons (Fsp3) is 0.400. The smallest absolute Gasteiger partial charge is 0.332 e. The van der Waals surface area contributed by atoms with Gasteiger partial charge in [0.1, 0.15) is 18.5 Å². The summed E-state index contributed by atoms with van der Waals surface area (Å²) in [6.45, 7) is 1.92. The monoisotopic (exact) mass is 431 g/mol. The van der Waals surface area contributed by atoms with Crippen LogP contribution in [-0.4, -0.2) is 54.1 Å². The van der Waals surface area contributed by atoms with Crippen molar-refractivity contribution < 1.29 is 19.7 Å². The number of nitrogens with zero attached hydrogens (tertiary/aromatic N) is 4. The number of carbonyl (C=O) groups is 1. The number of imidazole rings is 1. The van der Waals surface area contributed by atoms with E-state index in [1.807, 2.05) is 19.1 Å². The number of nitrogens with one attached hydrogen (secondary N) is 1. The minimum atomic E-state index is -0.999. The summed E-state index contributed by atoms with van der Waals surface area (Å²) in [4.78, 5) is 40.2. The van der Waals surface area contributed by atoms with Gasteiger partial charge < -0.3 is 24.8 Å². The Morgan fingerprint density at radius 3 is 2.52 bits per heavy atom. The Bertz CT molecular complexity index is 1210. The maximum Gasteiger partial charge on any atom is 0.332 e. The van der Waals surface area contributed by atoms with E-state index in [0.717, 1.165) is 10.1 Å². The highest BCUT2D eigenvalue weighted by Crippen LogP contribution is 2.17. The summed E-state index contributed by atoms with van der Waals surface area (Å²) >= 11 is 0. The highest BCUT2D eigenvalue weighted by molar-refractivity contribution is 5.74. The largest absolute Gasteiger partial charge is 0.491 e. The number of hydrogen-bond donors (Lipinski definition) is 3. The maximum absolute atomic E-state index is 12.8. The van der Waals surface area contributed by atoms with Crippen molar-refractivity contribution in [2.75, 3.05) is 18.5 Å². The Morgan fingerprint density at radius 2 is 1.87 bits per heavy atom. The fourth-order valence-corrected chi connectivity index (χ4v) is 3.13. The van der Waals surface area contributed by atoms with Gasteiger partial charge in [-0.3, -0.25) is 18.7 Å². The minimum Gasteiger partial charge on any atom is -0.491 e. The number of aliphatic hydroxyl groups is 1. The Hall–Kier alpha value is -3.60.